The molecule has 1 aliphatic rings. The van der Waals surface area contributed by atoms with E-state index in [0.717, 1.165) is 22.6 Å². The fourth-order valence-electron chi connectivity index (χ4n) is 5.16. The van der Waals surface area contributed by atoms with Crippen molar-refractivity contribution in [1.29, 1.82) is 0 Å². The van der Waals surface area contributed by atoms with Crippen LogP contribution < -0.4 is 24.4 Å². The normalized spacial score (nSPS) is 15.3. The minimum Gasteiger partial charge on any atom is -0.497 e. The van der Waals surface area contributed by atoms with E-state index in [-0.39, 0.29) is 11.3 Å². The van der Waals surface area contributed by atoms with Crippen LogP contribution in [0.5, 0.6) is 11.5 Å². The number of aryl methyl sites for hydroxylation is 1. The van der Waals surface area contributed by atoms with E-state index in [1.807, 2.05) is 44.2 Å². The van der Waals surface area contributed by atoms with Gasteiger partial charge in [-0.3, -0.25) is 14.2 Å². The number of carbonyl (C=O) groups is 1. The van der Waals surface area contributed by atoms with Crippen molar-refractivity contribution in [2.75, 3.05) is 14.2 Å². The van der Waals surface area contributed by atoms with Crippen molar-refractivity contribution in [2.24, 2.45) is 4.99 Å². The van der Waals surface area contributed by atoms with Crippen LogP contribution in [-0.2, 0) is 4.79 Å². The summed E-state index contributed by atoms with van der Waals surface area (Å²) in [4.78, 5) is 32.0. The highest BCUT2D eigenvalue weighted by Crippen LogP contribution is 2.37. The van der Waals surface area contributed by atoms with Gasteiger partial charge in [0, 0.05) is 40.0 Å². The molecule has 0 amide bonds. The Morgan fingerprint density at radius 3 is 2.42 bits per heavy atom. The van der Waals surface area contributed by atoms with Gasteiger partial charge in [-0.2, -0.15) is 0 Å². The van der Waals surface area contributed by atoms with Gasteiger partial charge in [0.2, 0.25) is 0 Å². The number of ketones is 1. The van der Waals surface area contributed by atoms with E-state index in [1.165, 1.54) is 18.3 Å². The second-order valence-corrected chi connectivity index (χ2v) is 10.3. The summed E-state index contributed by atoms with van der Waals surface area (Å²) in [5, 5.41) is 0. The quantitative estimate of drug-likeness (QED) is 0.376. The molecule has 5 rings (SSSR count). The maximum atomic E-state index is 13.9. The second-order valence-electron chi connectivity index (χ2n) is 9.24. The molecule has 1 aliphatic heterocycles. The van der Waals surface area contributed by atoms with E-state index in [9.17, 15) is 9.59 Å². The second kappa shape index (κ2) is 9.95. The number of ether oxygens (including phenoxy) is 2. The summed E-state index contributed by atoms with van der Waals surface area (Å²) in [6.45, 7) is 7.42. The third-order valence-electron chi connectivity index (χ3n) is 6.91. The van der Waals surface area contributed by atoms with Gasteiger partial charge in [-0.05, 0) is 69.7 Å². The van der Waals surface area contributed by atoms with Gasteiger partial charge in [0.05, 0.1) is 24.8 Å². The highest BCUT2D eigenvalue weighted by Gasteiger charge is 2.32. The largest absolute Gasteiger partial charge is 0.497 e. The van der Waals surface area contributed by atoms with Crippen LogP contribution in [0.3, 0.4) is 0 Å². The number of nitrogens with zero attached hydrogens (tertiary/aromatic N) is 3. The number of fused-ring (bicyclic) bond motifs is 1. The van der Waals surface area contributed by atoms with Crippen molar-refractivity contribution in [3.8, 4) is 17.2 Å². The number of hydrogen-bond donors (Lipinski definition) is 0. The summed E-state index contributed by atoms with van der Waals surface area (Å²) in [5.41, 5.74) is 5.69. The molecule has 0 unspecified atom stereocenters. The number of rotatable bonds is 6. The average molecular weight is 528 g/mol. The van der Waals surface area contributed by atoms with E-state index < -0.39 is 6.04 Å². The van der Waals surface area contributed by atoms with Gasteiger partial charge in [0.25, 0.3) is 5.56 Å². The van der Waals surface area contributed by atoms with Crippen LogP contribution in [0.15, 0.2) is 75.7 Å². The van der Waals surface area contributed by atoms with Gasteiger partial charge in [0.1, 0.15) is 11.5 Å². The molecule has 2 aromatic heterocycles. The molecule has 0 saturated carbocycles. The third kappa shape index (κ3) is 4.20. The van der Waals surface area contributed by atoms with Gasteiger partial charge in [-0.25, -0.2) is 4.99 Å². The lowest BCUT2D eigenvalue weighted by atomic mass is 9.92. The lowest BCUT2D eigenvalue weighted by Crippen LogP contribution is -2.39. The monoisotopic (exact) mass is 527 g/mol. The molecule has 7 nitrogen and oxygen atoms in total. The van der Waals surface area contributed by atoms with Gasteiger partial charge >= 0.3 is 0 Å². The predicted octanol–water partition coefficient (Wildman–Crippen LogP) is 4.25. The lowest BCUT2D eigenvalue weighted by molar-refractivity contribution is -0.114. The van der Waals surface area contributed by atoms with Gasteiger partial charge in [0.15, 0.2) is 10.6 Å². The number of methoxy groups -OCH3 is 2. The number of para-hydroxylation sites is 1. The minimum absolute atomic E-state index is 0.144. The highest BCUT2D eigenvalue weighted by atomic mass is 32.1. The molecule has 0 aliphatic carbocycles. The molecule has 4 aromatic rings. The number of hydrogen-bond acceptors (Lipinski definition) is 6. The van der Waals surface area contributed by atoms with Crippen molar-refractivity contribution < 1.29 is 14.3 Å². The number of benzene rings is 2. The molecule has 1 atom stereocenters. The Morgan fingerprint density at radius 1 is 1.03 bits per heavy atom. The lowest BCUT2D eigenvalue weighted by Gasteiger charge is -2.26. The maximum absolute atomic E-state index is 13.9. The summed E-state index contributed by atoms with van der Waals surface area (Å²) in [6, 6.07) is 17.0. The molecule has 38 heavy (non-hydrogen) atoms. The Bertz CT molecular complexity index is 1770. The van der Waals surface area contributed by atoms with Crippen molar-refractivity contribution >= 4 is 23.2 Å². The SMILES string of the molecule is COc1ccc([C@H]2C(C(C)=O)=C(C)N=c3s/c(=C/c4cc(C)n(-c5ccccc5)c4C)c(=O)n32)c(OC)c1. The van der Waals surface area contributed by atoms with Crippen LogP contribution in [0, 0.1) is 13.8 Å². The van der Waals surface area contributed by atoms with E-state index in [0.29, 0.717) is 37.7 Å². The fourth-order valence-corrected chi connectivity index (χ4v) is 6.20. The molecular weight excluding hydrogens is 498 g/mol. The van der Waals surface area contributed by atoms with Crippen LogP contribution in [0.4, 0.5) is 0 Å². The smallest absolute Gasteiger partial charge is 0.271 e. The number of thiazole rings is 1. The zero-order valence-electron chi connectivity index (χ0n) is 22.2. The Balaban J connectivity index is 1.73. The van der Waals surface area contributed by atoms with Gasteiger partial charge in [-0.1, -0.05) is 29.5 Å². The molecule has 0 saturated heterocycles. The van der Waals surface area contributed by atoms with Gasteiger partial charge < -0.3 is 14.0 Å². The number of allylic oxidation sites excluding steroid dienone is 2. The number of carbonyl (C=O) groups excluding carboxylic acids is 1. The Labute approximate surface area is 224 Å². The highest BCUT2D eigenvalue weighted by molar-refractivity contribution is 7.07. The first-order valence-electron chi connectivity index (χ1n) is 12.2. The maximum Gasteiger partial charge on any atom is 0.271 e. The first-order chi connectivity index (χ1) is 18.2. The molecule has 0 N–H and O–H groups in total. The van der Waals surface area contributed by atoms with Crippen LogP contribution in [0.1, 0.15) is 42.4 Å². The molecule has 0 bridgehead atoms. The summed E-state index contributed by atoms with van der Waals surface area (Å²) >= 11 is 1.32. The van der Waals surface area contributed by atoms with Crippen molar-refractivity contribution in [2.45, 2.75) is 33.7 Å². The molecule has 8 heteroatoms. The van der Waals surface area contributed by atoms with Crippen molar-refractivity contribution in [3.63, 3.8) is 0 Å². The summed E-state index contributed by atoms with van der Waals surface area (Å²) in [5.74, 6) is 1.01. The Hall–Kier alpha value is -4.17. The van der Waals surface area contributed by atoms with Gasteiger partial charge in [-0.15, -0.1) is 0 Å². The third-order valence-corrected chi connectivity index (χ3v) is 7.89. The zero-order valence-corrected chi connectivity index (χ0v) is 23.1. The summed E-state index contributed by atoms with van der Waals surface area (Å²) < 4.78 is 15.4. The molecular formula is C30H29N3O4S. The summed E-state index contributed by atoms with van der Waals surface area (Å²) in [6.07, 6.45) is 1.92. The standard InChI is InChI=1S/C30H29N3O4S/c1-17-14-21(19(3)32(17)22-10-8-7-9-11-22)15-26-29(35)33-28(24-13-12-23(36-5)16-25(24)37-6)27(20(4)34)18(2)31-30(33)38-26/h7-16,28H,1-6H3/b26-15+/t28-/m0/s1. The van der Waals surface area contributed by atoms with E-state index >= 15 is 0 Å². The van der Waals surface area contributed by atoms with Crippen LogP contribution >= 0.6 is 11.3 Å². The predicted molar refractivity (Wildman–Crippen MR) is 149 cm³/mol. The minimum atomic E-state index is -0.663. The number of Topliss-reactive ketones (excluding diaryl/α,β-unsaturated/α-hetero) is 1. The first kappa shape index (κ1) is 25.5. The fraction of sp³-hybridized carbons (Fsp3) is 0.233. The Kier molecular flexibility index (Phi) is 6.67. The van der Waals surface area contributed by atoms with Crippen LogP contribution in [0.25, 0.3) is 11.8 Å². The first-order valence-corrected chi connectivity index (χ1v) is 13.1. The van der Waals surface area contributed by atoms with E-state index in [4.69, 9.17) is 9.47 Å². The van der Waals surface area contributed by atoms with E-state index in [2.05, 4.69) is 34.7 Å². The van der Waals surface area contributed by atoms with Crippen LogP contribution in [0.2, 0.25) is 0 Å². The van der Waals surface area contributed by atoms with Crippen molar-refractivity contribution in [3.05, 3.63) is 108 Å². The van der Waals surface area contributed by atoms with Crippen molar-refractivity contribution in [1.82, 2.24) is 9.13 Å². The summed E-state index contributed by atoms with van der Waals surface area (Å²) in [7, 11) is 3.14. The molecule has 3 heterocycles. The molecule has 194 valence electrons. The Morgan fingerprint density at radius 2 is 1.76 bits per heavy atom. The van der Waals surface area contributed by atoms with E-state index in [1.54, 1.807) is 30.9 Å². The van der Waals surface area contributed by atoms with Crippen LogP contribution in [-0.4, -0.2) is 29.1 Å². The topological polar surface area (TPSA) is 74.8 Å². The molecule has 0 radical (unpaired) electrons. The molecule has 0 spiro atoms. The molecule has 2 aromatic carbocycles. The zero-order chi connectivity index (χ0) is 27.1. The number of aromatic nitrogens is 2. The average Bonchev–Trinajstić information content (AvgIpc) is 3.36. The molecule has 0 fully saturated rings.